The minimum absolute atomic E-state index is 0.0997. The van der Waals surface area contributed by atoms with Crippen molar-refractivity contribution >= 4 is 5.78 Å². The second-order valence-corrected chi connectivity index (χ2v) is 6.39. The van der Waals surface area contributed by atoms with E-state index >= 15 is 0 Å². The van der Waals surface area contributed by atoms with E-state index in [9.17, 15) is 4.79 Å². The summed E-state index contributed by atoms with van der Waals surface area (Å²) in [5.74, 6) is 0.158. The molecule has 0 bridgehead atoms. The monoisotopic (exact) mass is 222 g/mol. The van der Waals surface area contributed by atoms with E-state index in [0.717, 1.165) is 11.3 Å². The average Bonchev–Trinajstić information content (AvgIpc) is 2.43. The lowest BCUT2D eigenvalue weighted by molar-refractivity contribution is 0.0856. The molecule has 0 N–H and O–H groups in total. The van der Waals surface area contributed by atoms with E-state index in [1.165, 1.54) is 0 Å². The Labute approximate surface area is 97.8 Å². The largest absolute Gasteiger partial charge is 0.293 e. The average molecular weight is 222 g/mol. The summed E-state index contributed by atoms with van der Waals surface area (Å²) in [4.78, 5) is 12.3. The number of rotatable bonds is 1. The van der Waals surface area contributed by atoms with Gasteiger partial charge in [-0.1, -0.05) is 41.5 Å². The van der Waals surface area contributed by atoms with Crippen LogP contribution in [0.25, 0.3) is 0 Å². The Morgan fingerprint density at radius 1 is 1.19 bits per heavy atom. The van der Waals surface area contributed by atoms with Gasteiger partial charge in [-0.2, -0.15) is 5.10 Å². The maximum atomic E-state index is 12.3. The van der Waals surface area contributed by atoms with Crippen molar-refractivity contribution in [2.45, 2.75) is 47.0 Å². The standard InChI is InChI=1S/C13H22N2O/c1-12(2,3)10-9(8-15(7)14-10)11(16)13(4,5)6/h8H,1-7H3. The molecule has 90 valence electrons. The predicted molar refractivity (Wildman–Crippen MR) is 65.7 cm³/mol. The summed E-state index contributed by atoms with van der Waals surface area (Å²) in [6.45, 7) is 12.1. The van der Waals surface area contributed by atoms with Crippen molar-refractivity contribution in [1.82, 2.24) is 9.78 Å². The fourth-order valence-corrected chi connectivity index (χ4v) is 1.61. The molecule has 1 aromatic heterocycles. The van der Waals surface area contributed by atoms with Gasteiger partial charge in [-0.05, 0) is 0 Å². The van der Waals surface area contributed by atoms with Gasteiger partial charge in [0.05, 0.1) is 11.3 Å². The molecule has 1 rings (SSSR count). The first-order chi connectivity index (χ1) is 7.03. The molecule has 0 amide bonds. The molecule has 0 fully saturated rings. The molecule has 0 saturated heterocycles. The van der Waals surface area contributed by atoms with Gasteiger partial charge in [0, 0.05) is 24.1 Å². The van der Waals surface area contributed by atoms with E-state index in [-0.39, 0.29) is 16.6 Å². The highest BCUT2D eigenvalue weighted by Crippen LogP contribution is 2.29. The van der Waals surface area contributed by atoms with Crippen molar-refractivity contribution in [2.75, 3.05) is 0 Å². The first-order valence-electron chi connectivity index (χ1n) is 5.62. The van der Waals surface area contributed by atoms with Gasteiger partial charge in [0.2, 0.25) is 0 Å². The van der Waals surface area contributed by atoms with Crippen LogP contribution in [-0.2, 0) is 12.5 Å². The van der Waals surface area contributed by atoms with Crippen LogP contribution in [0.1, 0.15) is 57.6 Å². The van der Waals surface area contributed by atoms with Crippen LogP contribution in [0, 0.1) is 5.41 Å². The maximum Gasteiger partial charge on any atom is 0.171 e. The molecule has 0 aliphatic heterocycles. The minimum Gasteiger partial charge on any atom is -0.293 e. The number of carbonyl (C=O) groups excluding carboxylic acids is 1. The summed E-state index contributed by atoms with van der Waals surface area (Å²) in [5.41, 5.74) is 1.18. The molecule has 0 aliphatic rings. The van der Waals surface area contributed by atoms with Gasteiger partial charge in [0.15, 0.2) is 5.78 Å². The van der Waals surface area contributed by atoms with Crippen LogP contribution in [0.3, 0.4) is 0 Å². The Morgan fingerprint density at radius 3 is 2.06 bits per heavy atom. The highest BCUT2D eigenvalue weighted by atomic mass is 16.1. The molecule has 0 unspecified atom stereocenters. The first-order valence-corrected chi connectivity index (χ1v) is 5.62. The van der Waals surface area contributed by atoms with Crippen LogP contribution < -0.4 is 0 Å². The lowest BCUT2D eigenvalue weighted by Gasteiger charge is -2.21. The molecule has 0 saturated carbocycles. The Balaban J connectivity index is 3.30. The highest BCUT2D eigenvalue weighted by Gasteiger charge is 2.31. The molecule has 1 heterocycles. The summed E-state index contributed by atoms with van der Waals surface area (Å²) >= 11 is 0. The van der Waals surface area contributed by atoms with E-state index in [2.05, 4.69) is 25.9 Å². The fraction of sp³-hybridized carbons (Fsp3) is 0.692. The maximum absolute atomic E-state index is 12.3. The van der Waals surface area contributed by atoms with Crippen LogP contribution in [0.15, 0.2) is 6.20 Å². The van der Waals surface area contributed by atoms with Crippen molar-refractivity contribution in [1.29, 1.82) is 0 Å². The van der Waals surface area contributed by atoms with E-state index in [1.54, 1.807) is 4.68 Å². The second kappa shape index (κ2) is 3.72. The predicted octanol–water partition coefficient (Wildman–Crippen LogP) is 2.95. The molecule has 16 heavy (non-hydrogen) atoms. The molecule has 3 nitrogen and oxygen atoms in total. The molecular formula is C13H22N2O. The second-order valence-electron chi connectivity index (χ2n) is 6.39. The van der Waals surface area contributed by atoms with E-state index in [1.807, 2.05) is 34.0 Å². The molecule has 0 aliphatic carbocycles. The van der Waals surface area contributed by atoms with Gasteiger partial charge >= 0.3 is 0 Å². The molecular weight excluding hydrogens is 200 g/mol. The molecule has 0 atom stereocenters. The number of hydrogen-bond acceptors (Lipinski definition) is 2. The molecule has 3 heteroatoms. The van der Waals surface area contributed by atoms with Gasteiger partial charge in [-0.25, -0.2) is 0 Å². The third kappa shape index (κ3) is 2.52. The molecule has 1 aromatic rings. The third-order valence-corrected chi connectivity index (χ3v) is 2.47. The Bertz CT molecular complexity index is 403. The van der Waals surface area contributed by atoms with Crippen molar-refractivity contribution in [3.8, 4) is 0 Å². The lowest BCUT2D eigenvalue weighted by Crippen LogP contribution is -2.24. The SMILES string of the molecule is Cn1cc(C(=O)C(C)(C)C)c(C(C)(C)C)n1. The van der Waals surface area contributed by atoms with E-state index < -0.39 is 0 Å². The number of aromatic nitrogens is 2. The number of Topliss-reactive ketones (excluding diaryl/α,β-unsaturated/α-hetero) is 1. The zero-order chi connectivity index (χ0) is 12.7. The third-order valence-electron chi connectivity index (χ3n) is 2.47. The van der Waals surface area contributed by atoms with Crippen molar-refractivity contribution in [3.63, 3.8) is 0 Å². The van der Waals surface area contributed by atoms with Crippen molar-refractivity contribution < 1.29 is 4.79 Å². The van der Waals surface area contributed by atoms with Crippen molar-refractivity contribution in [3.05, 3.63) is 17.5 Å². The summed E-state index contributed by atoms with van der Waals surface area (Å²) in [6, 6.07) is 0. The smallest absolute Gasteiger partial charge is 0.171 e. The minimum atomic E-state index is -0.358. The number of aryl methyl sites for hydroxylation is 1. The van der Waals surface area contributed by atoms with Gasteiger partial charge in [0.1, 0.15) is 0 Å². The van der Waals surface area contributed by atoms with Gasteiger partial charge < -0.3 is 0 Å². The first kappa shape index (κ1) is 12.9. The normalized spacial score (nSPS) is 12.9. The molecule has 0 spiro atoms. The number of nitrogens with zero attached hydrogens (tertiary/aromatic N) is 2. The topological polar surface area (TPSA) is 34.9 Å². The summed E-state index contributed by atoms with van der Waals surface area (Å²) in [5, 5.41) is 4.41. The van der Waals surface area contributed by atoms with E-state index in [0.29, 0.717) is 0 Å². The lowest BCUT2D eigenvalue weighted by atomic mass is 9.82. The van der Waals surface area contributed by atoms with E-state index in [4.69, 9.17) is 0 Å². The number of ketones is 1. The van der Waals surface area contributed by atoms with Crippen LogP contribution in [0.5, 0.6) is 0 Å². The van der Waals surface area contributed by atoms with Crippen LogP contribution >= 0.6 is 0 Å². The Kier molecular flexibility index (Phi) is 3.01. The molecule has 0 aromatic carbocycles. The zero-order valence-electron chi connectivity index (χ0n) is 11.4. The summed E-state index contributed by atoms with van der Waals surface area (Å²) < 4.78 is 1.72. The number of hydrogen-bond donors (Lipinski definition) is 0. The van der Waals surface area contributed by atoms with Gasteiger partial charge in [0.25, 0.3) is 0 Å². The summed E-state index contributed by atoms with van der Waals surface area (Å²) in [6.07, 6.45) is 1.83. The quantitative estimate of drug-likeness (QED) is 0.685. The van der Waals surface area contributed by atoms with Crippen LogP contribution in [-0.4, -0.2) is 15.6 Å². The Hall–Kier alpha value is -1.12. The van der Waals surface area contributed by atoms with Gasteiger partial charge in [-0.15, -0.1) is 0 Å². The van der Waals surface area contributed by atoms with Crippen LogP contribution in [0.4, 0.5) is 0 Å². The molecule has 0 radical (unpaired) electrons. The fourth-order valence-electron chi connectivity index (χ4n) is 1.61. The number of carbonyl (C=O) groups is 1. The van der Waals surface area contributed by atoms with Crippen LogP contribution in [0.2, 0.25) is 0 Å². The zero-order valence-corrected chi connectivity index (χ0v) is 11.4. The van der Waals surface area contributed by atoms with Gasteiger partial charge in [-0.3, -0.25) is 9.48 Å². The summed E-state index contributed by atoms with van der Waals surface area (Å²) in [7, 11) is 1.86. The highest BCUT2D eigenvalue weighted by molar-refractivity contribution is 6.00. The van der Waals surface area contributed by atoms with Crippen molar-refractivity contribution in [2.24, 2.45) is 12.5 Å². The Morgan fingerprint density at radius 2 is 1.69 bits per heavy atom.